The van der Waals surface area contributed by atoms with Gasteiger partial charge in [0.15, 0.2) is 5.54 Å². The first kappa shape index (κ1) is 13.6. The molecule has 1 aliphatic carbocycles. The molecule has 0 aromatic heterocycles. The fourth-order valence-electron chi connectivity index (χ4n) is 2.59. The molecule has 0 heterocycles. The summed E-state index contributed by atoms with van der Waals surface area (Å²) < 4.78 is 0. The predicted molar refractivity (Wildman–Crippen MR) is 71.7 cm³/mol. The normalized spacial score (nSPS) is 17.6. The number of nitrogens with zero attached hydrogens (tertiary/aromatic N) is 1. The molecule has 1 amide bonds. The molecule has 2 rings (SSSR count). The van der Waals surface area contributed by atoms with Crippen LogP contribution < -0.4 is 0 Å². The molecule has 1 aliphatic rings. The second kappa shape index (κ2) is 5.03. The SMILES string of the molecule is CCC(C(=O)O)(c1ccc(C)cc1)N(C=O)C1CC1. The largest absolute Gasteiger partial charge is 0.479 e. The summed E-state index contributed by atoms with van der Waals surface area (Å²) in [4.78, 5) is 24.8. The van der Waals surface area contributed by atoms with Crippen molar-refractivity contribution >= 4 is 12.4 Å². The molecule has 4 heteroatoms. The number of rotatable bonds is 6. The lowest BCUT2D eigenvalue weighted by molar-refractivity contribution is -0.157. The van der Waals surface area contributed by atoms with E-state index in [1.807, 2.05) is 38.1 Å². The summed E-state index contributed by atoms with van der Waals surface area (Å²) >= 11 is 0. The third-order valence-corrected chi connectivity index (χ3v) is 3.89. The number of hydrogen-bond acceptors (Lipinski definition) is 2. The van der Waals surface area contributed by atoms with Crippen molar-refractivity contribution in [2.75, 3.05) is 0 Å². The van der Waals surface area contributed by atoms with Crippen molar-refractivity contribution in [2.24, 2.45) is 0 Å². The van der Waals surface area contributed by atoms with Crippen LogP contribution in [0.3, 0.4) is 0 Å². The second-order valence-corrected chi connectivity index (χ2v) is 5.13. The zero-order valence-electron chi connectivity index (χ0n) is 11.3. The number of benzene rings is 1. The minimum atomic E-state index is -1.24. The number of aryl methyl sites for hydroxylation is 1. The number of carboxylic acids is 1. The first-order valence-corrected chi connectivity index (χ1v) is 6.60. The van der Waals surface area contributed by atoms with E-state index in [-0.39, 0.29) is 6.04 Å². The highest BCUT2D eigenvalue weighted by molar-refractivity contribution is 5.83. The topological polar surface area (TPSA) is 57.6 Å². The first-order valence-electron chi connectivity index (χ1n) is 6.60. The minimum absolute atomic E-state index is 0.0647. The van der Waals surface area contributed by atoms with E-state index in [2.05, 4.69) is 0 Å². The van der Waals surface area contributed by atoms with Crippen molar-refractivity contribution in [1.82, 2.24) is 4.90 Å². The Morgan fingerprint density at radius 1 is 1.42 bits per heavy atom. The van der Waals surface area contributed by atoms with Crippen LogP contribution in [0, 0.1) is 6.92 Å². The van der Waals surface area contributed by atoms with Crippen LogP contribution in [0.2, 0.25) is 0 Å². The van der Waals surface area contributed by atoms with Gasteiger partial charge < -0.3 is 10.0 Å². The lowest BCUT2D eigenvalue weighted by Gasteiger charge is -2.38. The van der Waals surface area contributed by atoms with E-state index in [1.54, 1.807) is 0 Å². The van der Waals surface area contributed by atoms with Crippen molar-refractivity contribution in [3.63, 3.8) is 0 Å². The van der Waals surface area contributed by atoms with Crippen molar-refractivity contribution < 1.29 is 14.7 Å². The highest BCUT2D eigenvalue weighted by Crippen LogP contribution is 2.40. The number of aliphatic carboxylic acids is 1. The monoisotopic (exact) mass is 261 g/mol. The van der Waals surface area contributed by atoms with Crippen LogP contribution in [0.1, 0.15) is 37.3 Å². The summed E-state index contributed by atoms with van der Waals surface area (Å²) in [6.45, 7) is 3.77. The maximum Gasteiger partial charge on any atom is 0.334 e. The van der Waals surface area contributed by atoms with Gasteiger partial charge in [0.25, 0.3) is 0 Å². The molecule has 1 aromatic rings. The smallest absolute Gasteiger partial charge is 0.334 e. The Balaban J connectivity index is 2.52. The van der Waals surface area contributed by atoms with E-state index in [9.17, 15) is 14.7 Å². The van der Waals surface area contributed by atoms with Gasteiger partial charge in [-0.25, -0.2) is 4.79 Å². The van der Waals surface area contributed by atoms with Crippen molar-refractivity contribution in [2.45, 2.75) is 44.7 Å². The molecule has 4 nitrogen and oxygen atoms in total. The quantitative estimate of drug-likeness (QED) is 0.799. The van der Waals surface area contributed by atoms with Gasteiger partial charge in [-0.2, -0.15) is 0 Å². The Morgan fingerprint density at radius 2 is 2.00 bits per heavy atom. The molecular weight excluding hydrogens is 242 g/mol. The lowest BCUT2D eigenvalue weighted by Crippen LogP contribution is -2.52. The van der Waals surface area contributed by atoms with Gasteiger partial charge in [-0.3, -0.25) is 4.79 Å². The van der Waals surface area contributed by atoms with Crippen LogP contribution in [0.15, 0.2) is 24.3 Å². The van der Waals surface area contributed by atoms with Gasteiger partial charge in [-0.15, -0.1) is 0 Å². The van der Waals surface area contributed by atoms with Gasteiger partial charge in [0.1, 0.15) is 0 Å². The maximum absolute atomic E-state index is 11.9. The van der Waals surface area contributed by atoms with Crippen LogP contribution in [0.4, 0.5) is 0 Å². The molecule has 19 heavy (non-hydrogen) atoms. The van der Waals surface area contributed by atoms with Gasteiger partial charge in [-0.05, 0) is 31.7 Å². The second-order valence-electron chi connectivity index (χ2n) is 5.13. The minimum Gasteiger partial charge on any atom is -0.479 e. The van der Waals surface area contributed by atoms with Crippen molar-refractivity contribution in [3.8, 4) is 0 Å². The van der Waals surface area contributed by atoms with E-state index in [1.165, 1.54) is 4.90 Å². The van der Waals surface area contributed by atoms with Crippen LogP contribution in [-0.4, -0.2) is 28.4 Å². The third kappa shape index (κ3) is 2.23. The summed E-state index contributed by atoms with van der Waals surface area (Å²) in [5.74, 6) is -0.960. The number of carbonyl (C=O) groups excluding carboxylic acids is 1. The van der Waals surface area contributed by atoms with E-state index in [0.717, 1.165) is 18.4 Å². The van der Waals surface area contributed by atoms with Crippen molar-refractivity contribution in [1.29, 1.82) is 0 Å². The average Bonchev–Trinajstić information content (AvgIpc) is 3.21. The average molecular weight is 261 g/mol. The molecule has 0 bridgehead atoms. The number of hydrogen-bond donors (Lipinski definition) is 1. The van der Waals surface area contributed by atoms with E-state index >= 15 is 0 Å². The molecule has 1 N–H and O–H groups in total. The standard InChI is InChI=1S/C15H19NO3/c1-3-15(14(18)19,16(10-17)13-8-9-13)12-6-4-11(2)5-7-12/h4-7,10,13H,3,8-9H2,1-2H3,(H,18,19). The van der Waals surface area contributed by atoms with Gasteiger partial charge in [0.05, 0.1) is 0 Å². The number of amides is 1. The lowest BCUT2D eigenvalue weighted by atomic mass is 9.85. The summed E-state index contributed by atoms with van der Waals surface area (Å²) in [5.41, 5.74) is 0.506. The molecule has 0 saturated heterocycles. The Morgan fingerprint density at radius 3 is 2.37 bits per heavy atom. The van der Waals surface area contributed by atoms with Crippen LogP contribution in [0.5, 0.6) is 0 Å². The first-order chi connectivity index (χ1) is 9.06. The highest BCUT2D eigenvalue weighted by Gasteiger charge is 2.49. The zero-order valence-corrected chi connectivity index (χ0v) is 11.3. The molecule has 102 valence electrons. The van der Waals surface area contributed by atoms with Crippen LogP contribution >= 0.6 is 0 Å². The van der Waals surface area contributed by atoms with E-state index in [0.29, 0.717) is 18.4 Å². The molecule has 1 aromatic carbocycles. The highest BCUT2D eigenvalue weighted by atomic mass is 16.4. The molecule has 1 fully saturated rings. The summed E-state index contributed by atoms with van der Waals surface area (Å²) in [6, 6.07) is 7.46. The van der Waals surface area contributed by atoms with Crippen LogP contribution in [-0.2, 0) is 15.1 Å². The van der Waals surface area contributed by atoms with Gasteiger partial charge in [-0.1, -0.05) is 36.8 Å². The molecule has 1 atom stereocenters. The fourth-order valence-corrected chi connectivity index (χ4v) is 2.59. The van der Waals surface area contributed by atoms with E-state index < -0.39 is 11.5 Å². The molecule has 1 saturated carbocycles. The molecule has 0 radical (unpaired) electrons. The Kier molecular flexibility index (Phi) is 3.60. The summed E-state index contributed by atoms with van der Waals surface area (Å²) in [7, 11) is 0. The Hall–Kier alpha value is -1.84. The van der Waals surface area contributed by atoms with Gasteiger partial charge in [0.2, 0.25) is 6.41 Å². The van der Waals surface area contributed by atoms with E-state index in [4.69, 9.17) is 0 Å². The number of carboxylic acid groups (broad SMARTS) is 1. The fraction of sp³-hybridized carbons (Fsp3) is 0.467. The van der Waals surface area contributed by atoms with Gasteiger partial charge >= 0.3 is 5.97 Å². The molecule has 0 aliphatic heterocycles. The number of carbonyl (C=O) groups is 2. The zero-order chi connectivity index (χ0) is 14.0. The van der Waals surface area contributed by atoms with Gasteiger partial charge in [0, 0.05) is 6.04 Å². The predicted octanol–water partition coefficient (Wildman–Crippen LogP) is 2.31. The van der Waals surface area contributed by atoms with Crippen molar-refractivity contribution in [3.05, 3.63) is 35.4 Å². The molecular formula is C15H19NO3. The summed E-state index contributed by atoms with van der Waals surface area (Å²) in [5, 5.41) is 9.72. The Labute approximate surface area is 113 Å². The maximum atomic E-state index is 11.9. The molecule has 0 spiro atoms. The summed E-state index contributed by atoms with van der Waals surface area (Å²) in [6.07, 6.45) is 2.83. The molecule has 1 unspecified atom stereocenters. The van der Waals surface area contributed by atoms with Crippen LogP contribution in [0.25, 0.3) is 0 Å². The third-order valence-electron chi connectivity index (χ3n) is 3.89. The Bertz CT molecular complexity index is 479.